The van der Waals surface area contributed by atoms with Crippen molar-refractivity contribution in [2.24, 2.45) is 5.92 Å². The molecule has 0 aromatic heterocycles. The molecular formula is C20H26BrF2NO3. The molecule has 150 valence electrons. The molecule has 2 N–H and O–H groups in total. The molecule has 0 unspecified atom stereocenters. The van der Waals surface area contributed by atoms with Crippen LogP contribution in [0.2, 0.25) is 0 Å². The molecule has 0 spiro atoms. The minimum Gasteiger partial charge on any atom is -0.460 e. The van der Waals surface area contributed by atoms with Gasteiger partial charge in [0.2, 0.25) is 0 Å². The van der Waals surface area contributed by atoms with E-state index in [2.05, 4.69) is 21.2 Å². The Morgan fingerprint density at radius 1 is 1.26 bits per heavy atom. The Balaban J connectivity index is 1.73. The second-order valence-corrected chi connectivity index (χ2v) is 8.64. The molecule has 0 radical (unpaired) electrons. The summed E-state index contributed by atoms with van der Waals surface area (Å²) in [6.07, 6.45) is 1.45. The summed E-state index contributed by atoms with van der Waals surface area (Å²) < 4.78 is 33.0. The molecule has 4 nitrogen and oxygen atoms in total. The first kappa shape index (κ1) is 20.7. The summed E-state index contributed by atoms with van der Waals surface area (Å²) >= 11 is 3.35. The fourth-order valence-corrected chi connectivity index (χ4v) is 4.20. The van der Waals surface area contributed by atoms with Gasteiger partial charge in [0.25, 0.3) is 5.92 Å². The van der Waals surface area contributed by atoms with Crippen LogP contribution in [0.1, 0.15) is 50.5 Å². The van der Waals surface area contributed by atoms with E-state index in [9.17, 15) is 18.7 Å². The molecule has 1 aromatic carbocycles. The molecular weight excluding hydrogens is 420 g/mol. The van der Waals surface area contributed by atoms with E-state index in [1.165, 1.54) is 0 Å². The maximum absolute atomic E-state index is 13.4. The normalized spacial score (nSPS) is 25.1. The minimum atomic E-state index is -2.80. The van der Waals surface area contributed by atoms with Gasteiger partial charge in [-0.1, -0.05) is 28.1 Å². The van der Waals surface area contributed by atoms with Crippen LogP contribution in [0, 0.1) is 5.92 Å². The van der Waals surface area contributed by atoms with Crippen LogP contribution in [0.25, 0.3) is 0 Å². The van der Waals surface area contributed by atoms with E-state index < -0.39 is 30.0 Å². The molecule has 7 heteroatoms. The van der Waals surface area contributed by atoms with E-state index in [0.717, 1.165) is 30.4 Å². The number of hydrogen-bond donors (Lipinski definition) is 2. The van der Waals surface area contributed by atoms with Gasteiger partial charge in [-0.3, -0.25) is 0 Å². The Labute approximate surface area is 166 Å². The van der Waals surface area contributed by atoms with Crippen molar-refractivity contribution in [3.05, 3.63) is 34.3 Å². The number of nitrogens with one attached hydrogen (secondary N) is 1. The van der Waals surface area contributed by atoms with Crippen molar-refractivity contribution in [3.63, 3.8) is 0 Å². The number of alkyl halides is 2. The average Bonchev–Trinajstić information content (AvgIpc) is 2.99. The Morgan fingerprint density at radius 2 is 1.93 bits per heavy atom. The van der Waals surface area contributed by atoms with Gasteiger partial charge >= 0.3 is 5.97 Å². The van der Waals surface area contributed by atoms with Crippen LogP contribution in [0.15, 0.2) is 28.7 Å². The van der Waals surface area contributed by atoms with Gasteiger partial charge in [0.1, 0.15) is 6.10 Å². The van der Waals surface area contributed by atoms with Crippen molar-refractivity contribution in [2.45, 2.75) is 62.6 Å². The zero-order valence-electron chi connectivity index (χ0n) is 15.2. The molecule has 2 aliphatic rings. The van der Waals surface area contributed by atoms with Crippen LogP contribution < -0.4 is 5.32 Å². The third-order valence-corrected chi connectivity index (χ3v) is 6.19. The van der Waals surface area contributed by atoms with Gasteiger partial charge in [0.05, 0.1) is 0 Å². The first-order valence-corrected chi connectivity index (χ1v) is 10.4. The first-order valence-electron chi connectivity index (χ1n) is 9.56. The molecule has 1 saturated carbocycles. The van der Waals surface area contributed by atoms with Gasteiger partial charge in [-0.15, -0.1) is 0 Å². The molecule has 1 aromatic rings. The van der Waals surface area contributed by atoms with Gasteiger partial charge in [-0.2, -0.15) is 0 Å². The monoisotopic (exact) mass is 445 g/mol. The van der Waals surface area contributed by atoms with E-state index in [1.807, 2.05) is 0 Å². The van der Waals surface area contributed by atoms with Crippen molar-refractivity contribution >= 4 is 21.9 Å². The summed E-state index contributed by atoms with van der Waals surface area (Å²) in [5.74, 6) is -3.19. The number of carbonyl (C=O) groups is 1. The maximum atomic E-state index is 13.4. The van der Waals surface area contributed by atoms with Crippen LogP contribution in [0.3, 0.4) is 0 Å². The van der Waals surface area contributed by atoms with E-state index in [4.69, 9.17) is 4.74 Å². The third-order valence-electron chi connectivity index (χ3n) is 5.66. The predicted octanol–water partition coefficient (Wildman–Crippen LogP) is 4.15. The van der Waals surface area contributed by atoms with Gasteiger partial charge in [0.15, 0.2) is 5.60 Å². The standard InChI is InChI=1S/C20H26BrF2NO3/c21-16-3-1-15(2-4-16)20(26,10-5-14-7-11-24-12-8-14)18(25)27-17-6-9-19(22,23)13-17/h1-4,14,17,24,26H,5-13H2/t17-,20-/m1/s1. The number of benzene rings is 1. The molecule has 27 heavy (non-hydrogen) atoms. The number of hydrogen-bond acceptors (Lipinski definition) is 4. The topological polar surface area (TPSA) is 58.6 Å². The van der Waals surface area contributed by atoms with Gasteiger partial charge in [0, 0.05) is 17.3 Å². The predicted molar refractivity (Wildman–Crippen MR) is 102 cm³/mol. The average molecular weight is 446 g/mol. The van der Waals surface area contributed by atoms with Crippen molar-refractivity contribution in [1.29, 1.82) is 0 Å². The van der Waals surface area contributed by atoms with E-state index >= 15 is 0 Å². The number of piperidine rings is 1. The number of ether oxygens (including phenoxy) is 1. The van der Waals surface area contributed by atoms with Crippen molar-refractivity contribution in [1.82, 2.24) is 5.32 Å². The lowest BCUT2D eigenvalue weighted by Gasteiger charge is -2.31. The van der Waals surface area contributed by atoms with E-state index in [0.29, 0.717) is 17.9 Å². The second kappa shape index (κ2) is 8.53. The van der Waals surface area contributed by atoms with Gasteiger partial charge in [-0.05, 0) is 68.8 Å². The summed E-state index contributed by atoms with van der Waals surface area (Å²) in [6.45, 7) is 1.87. The van der Waals surface area contributed by atoms with Crippen LogP contribution in [0.4, 0.5) is 8.78 Å². The Bertz CT molecular complexity index is 649. The molecule has 1 aliphatic carbocycles. The second-order valence-electron chi connectivity index (χ2n) is 7.73. The van der Waals surface area contributed by atoms with Crippen LogP contribution in [0.5, 0.6) is 0 Å². The van der Waals surface area contributed by atoms with Crippen LogP contribution >= 0.6 is 15.9 Å². The summed E-state index contributed by atoms with van der Waals surface area (Å²) in [6, 6.07) is 6.86. The molecule has 0 amide bonds. The molecule has 2 atom stereocenters. The van der Waals surface area contributed by atoms with E-state index in [-0.39, 0.29) is 19.3 Å². The fourth-order valence-electron chi connectivity index (χ4n) is 3.93. The lowest BCUT2D eigenvalue weighted by Crippen LogP contribution is -2.40. The maximum Gasteiger partial charge on any atom is 0.343 e. The van der Waals surface area contributed by atoms with Crippen LogP contribution in [-0.4, -0.2) is 36.2 Å². The number of carbonyl (C=O) groups excluding carboxylic acids is 1. The van der Waals surface area contributed by atoms with Gasteiger partial charge < -0.3 is 15.2 Å². The third kappa shape index (κ3) is 5.27. The van der Waals surface area contributed by atoms with Crippen molar-refractivity contribution in [2.75, 3.05) is 13.1 Å². The SMILES string of the molecule is O=C(O[C@@H]1CCC(F)(F)C1)[C@@](O)(CCC1CCNCC1)c1ccc(Br)cc1. The van der Waals surface area contributed by atoms with Crippen molar-refractivity contribution in [3.8, 4) is 0 Å². The van der Waals surface area contributed by atoms with Crippen molar-refractivity contribution < 1.29 is 23.4 Å². The molecule has 0 bridgehead atoms. The smallest absolute Gasteiger partial charge is 0.343 e. The zero-order valence-corrected chi connectivity index (χ0v) is 16.8. The Kier molecular flexibility index (Phi) is 6.54. The highest BCUT2D eigenvalue weighted by atomic mass is 79.9. The molecule has 1 aliphatic heterocycles. The fraction of sp³-hybridized carbons (Fsp3) is 0.650. The first-order chi connectivity index (χ1) is 12.8. The van der Waals surface area contributed by atoms with E-state index in [1.54, 1.807) is 24.3 Å². The Morgan fingerprint density at radius 3 is 2.52 bits per heavy atom. The quantitative estimate of drug-likeness (QED) is 0.645. The molecule has 2 fully saturated rings. The zero-order chi connectivity index (χ0) is 19.5. The minimum absolute atomic E-state index is 0.128. The number of aliphatic hydroxyl groups is 1. The van der Waals surface area contributed by atoms with Gasteiger partial charge in [-0.25, -0.2) is 13.6 Å². The lowest BCUT2D eigenvalue weighted by molar-refractivity contribution is -0.174. The number of halogens is 3. The summed E-state index contributed by atoms with van der Waals surface area (Å²) in [7, 11) is 0. The highest BCUT2D eigenvalue weighted by Gasteiger charge is 2.45. The largest absolute Gasteiger partial charge is 0.460 e. The summed E-state index contributed by atoms with van der Waals surface area (Å²) in [4.78, 5) is 12.8. The molecule has 3 rings (SSSR count). The Hall–Kier alpha value is -1.05. The summed E-state index contributed by atoms with van der Waals surface area (Å²) in [5, 5.41) is 14.6. The number of rotatable bonds is 6. The molecule has 1 heterocycles. The highest BCUT2D eigenvalue weighted by molar-refractivity contribution is 9.10. The lowest BCUT2D eigenvalue weighted by atomic mass is 9.83. The number of esters is 1. The molecule has 1 saturated heterocycles. The summed E-state index contributed by atoms with van der Waals surface area (Å²) in [5.41, 5.74) is -1.38. The highest BCUT2D eigenvalue weighted by Crippen LogP contribution is 2.39. The van der Waals surface area contributed by atoms with Crippen LogP contribution in [-0.2, 0) is 15.1 Å².